The van der Waals surface area contributed by atoms with E-state index in [1.165, 1.54) is 5.56 Å². The zero-order chi connectivity index (χ0) is 9.26. The number of benzene rings is 1. The maximum absolute atomic E-state index is 5.56. The van der Waals surface area contributed by atoms with Crippen LogP contribution in [0.25, 0.3) is 0 Å². The van der Waals surface area contributed by atoms with E-state index in [1.807, 2.05) is 6.92 Å². The Kier molecular flexibility index (Phi) is 2.34. The summed E-state index contributed by atoms with van der Waals surface area (Å²) in [4.78, 5) is 0. The van der Waals surface area contributed by atoms with Crippen molar-refractivity contribution in [3.05, 3.63) is 35.4 Å². The fraction of sp³-hybridized carbons (Fsp3) is 0.455. The van der Waals surface area contributed by atoms with E-state index in [-0.39, 0.29) is 12.4 Å². The van der Waals surface area contributed by atoms with E-state index in [9.17, 15) is 0 Å². The van der Waals surface area contributed by atoms with Crippen LogP contribution in [0.2, 0.25) is 0 Å². The maximum Gasteiger partial charge on any atom is 0.184 e. The van der Waals surface area contributed by atoms with Crippen LogP contribution in [-0.4, -0.2) is 12.7 Å². The minimum atomic E-state index is -0.157. The second kappa shape index (κ2) is 3.48. The van der Waals surface area contributed by atoms with Crippen molar-refractivity contribution in [1.29, 1.82) is 0 Å². The summed E-state index contributed by atoms with van der Waals surface area (Å²) in [7, 11) is 0. The van der Waals surface area contributed by atoms with E-state index in [0.29, 0.717) is 6.61 Å². The summed E-state index contributed by atoms with van der Waals surface area (Å²) in [6.07, 6.45) is 0.0573. The van der Waals surface area contributed by atoms with E-state index < -0.39 is 0 Å². The number of ether oxygens (including phenoxy) is 2. The molecular formula is C11H14O2. The maximum atomic E-state index is 5.56. The highest BCUT2D eigenvalue weighted by molar-refractivity contribution is 5.22. The molecule has 2 heteroatoms. The van der Waals surface area contributed by atoms with Gasteiger partial charge in [0.15, 0.2) is 6.29 Å². The van der Waals surface area contributed by atoms with Crippen LogP contribution in [-0.2, 0) is 9.47 Å². The van der Waals surface area contributed by atoms with Crippen molar-refractivity contribution in [3.63, 3.8) is 0 Å². The second-order valence-corrected chi connectivity index (χ2v) is 3.52. The van der Waals surface area contributed by atoms with Crippen LogP contribution >= 0.6 is 0 Å². The van der Waals surface area contributed by atoms with Gasteiger partial charge in [0.05, 0.1) is 12.7 Å². The summed E-state index contributed by atoms with van der Waals surface area (Å²) in [5.41, 5.74) is 2.37. The fourth-order valence-corrected chi connectivity index (χ4v) is 1.41. The predicted molar refractivity (Wildman–Crippen MR) is 50.4 cm³/mol. The number of rotatable bonds is 1. The Hall–Kier alpha value is -0.860. The van der Waals surface area contributed by atoms with Crippen molar-refractivity contribution in [2.45, 2.75) is 26.2 Å². The lowest BCUT2D eigenvalue weighted by Gasteiger charge is -2.09. The van der Waals surface area contributed by atoms with Crippen molar-refractivity contribution >= 4 is 0 Å². The molecule has 2 atom stereocenters. The molecule has 1 aliphatic heterocycles. The molecule has 0 radical (unpaired) electrons. The lowest BCUT2D eigenvalue weighted by atomic mass is 10.1. The summed E-state index contributed by atoms with van der Waals surface area (Å²) >= 11 is 0. The van der Waals surface area contributed by atoms with Gasteiger partial charge < -0.3 is 9.47 Å². The van der Waals surface area contributed by atoms with Crippen LogP contribution in [0.15, 0.2) is 24.3 Å². The lowest BCUT2D eigenvalue weighted by Crippen LogP contribution is -2.02. The molecule has 13 heavy (non-hydrogen) atoms. The quantitative estimate of drug-likeness (QED) is 0.657. The predicted octanol–water partition coefficient (Wildman–Crippen LogP) is 2.43. The zero-order valence-corrected chi connectivity index (χ0v) is 7.99. The minimum absolute atomic E-state index is 0.157. The van der Waals surface area contributed by atoms with Crippen molar-refractivity contribution in [2.24, 2.45) is 0 Å². The molecular weight excluding hydrogens is 164 g/mol. The Bertz CT molecular complexity index is 279. The Morgan fingerprint density at radius 1 is 1.23 bits per heavy atom. The highest BCUT2D eigenvalue weighted by Crippen LogP contribution is 2.26. The molecule has 0 saturated carbocycles. The molecule has 0 aliphatic carbocycles. The first-order chi connectivity index (χ1) is 6.25. The van der Waals surface area contributed by atoms with Gasteiger partial charge in [0.2, 0.25) is 0 Å². The Morgan fingerprint density at radius 2 is 1.92 bits per heavy atom. The van der Waals surface area contributed by atoms with Gasteiger partial charge in [0, 0.05) is 5.56 Å². The summed E-state index contributed by atoms with van der Waals surface area (Å²) in [6, 6.07) is 8.26. The van der Waals surface area contributed by atoms with Gasteiger partial charge in [0.1, 0.15) is 0 Å². The van der Waals surface area contributed by atoms with Gasteiger partial charge in [-0.2, -0.15) is 0 Å². The molecule has 1 fully saturated rings. The summed E-state index contributed by atoms with van der Waals surface area (Å²) < 4.78 is 11.0. The number of aryl methyl sites for hydroxylation is 1. The van der Waals surface area contributed by atoms with Gasteiger partial charge in [0.25, 0.3) is 0 Å². The first-order valence-corrected chi connectivity index (χ1v) is 4.59. The lowest BCUT2D eigenvalue weighted by molar-refractivity contribution is -0.0572. The SMILES string of the molecule is Cc1ccc([C@@H]2OC[C@H](C)O2)cc1. The second-order valence-electron chi connectivity index (χ2n) is 3.52. The zero-order valence-electron chi connectivity index (χ0n) is 7.99. The summed E-state index contributed by atoms with van der Waals surface area (Å²) in [5.74, 6) is 0. The molecule has 1 saturated heterocycles. The molecule has 0 spiro atoms. The third kappa shape index (κ3) is 1.90. The normalized spacial score (nSPS) is 27.8. The van der Waals surface area contributed by atoms with Gasteiger partial charge in [-0.05, 0) is 13.8 Å². The Labute approximate surface area is 78.5 Å². The highest BCUT2D eigenvalue weighted by atomic mass is 16.7. The topological polar surface area (TPSA) is 18.5 Å². The fourth-order valence-electron chi connectivity index (χ4n) is 1.41. The van der Waals surface area contributed by atoms with Gasteiger partial charge >= 0.3 is 0 Å². The third-order valence-corrected chi connectivity index (χ3v) is 2.19. The molecule has 1 aliphatic rings. The van der Waals surface area contributed by atoms with Crippen LogP contribution in [0, 0.1) is 6.92 Å². The molecule has 1 aromatic rings. The molecule has 1 heterocycles. The first-order valence-electron chi connectivity index (χ1n) is 4.59. The molecule has 2 nitrogen and oxygen atoms in total. The standard InChI is InChI=1S/C11H14O2/c1-8-3-5-10(6-4-8)11-12-7-9(2)13-11/h3-6,9,11H,7H2,1-2H3/t9-,11+/m0/s1. The third-order valence-electron chi connectivity index (χ3n) is 2.19. The van der Waals surface area contributed by atoms with E-state index in [0.717, 1.165) is 5.56 Å². The van der Waals surface area contributed by atoms with Crippen molar-refractivity contribution in [1.82, 2.24) is 0 Å². The van der Waals surface area contributed by atoms with Crippen molar-refractivity contribution in [2.75, 3.05) is 6.61 Å². The number of hydrogen-bond acceptors (Lipinski definition) is 2. The van der Waals surface area contributed by atoms with E-state index >= 15 is 0 Å². The van der Waals surface area contributed by atoms with Crippen LogP contribution in [0.5, 0.6) is 0 Å². The molecule has 0 amide bonds. The molecule has 0 unspecified atom stereocenters. The molecule has 0 N–H and O–H groups in total. The highest BCUT2D eigenvalue weighted by Gasteiger charge is 2.23. The summed E-state index contributed by atoms with van der Waals surface area (Å²) in [6.45, 7) is 4.79. The van der Waals surface area contributed by atoms with Gasteiger partial charge in [-0.15, -0.1) is 0 Å². The van der Waals surface area contributed by atoms with Crippen LogP contribution in [0.3, 0.4) is 0 Å². The van der Waals surface area contributed by atoms with E-state index in [2.05, 4.69) is 31.2 Å². The van der Waals surface area contributed by atoms with Gasteiger partial charge in [-0.1, -0.05) is 29.8 Å². The molecule has 2 rings (SSSR count). The first kappa shape index (κ1) is 8.73. The van der Waals surface area contributed by atoms with E-state index in [4.69, 9.17) is 9.47 Å². The monoisotopic (exact) mass is 178 g/mol. The van der Waals surface area contributed by atoms with Crippen molar-refractivity contribution in [3.8, 4) is 0 Å². The summed E-state index contributed by atoms with van der Waals surface area (Å²) in [5, 5.41) is 0. The average molecular weight is 178 g/mol. The minimum Gasteiger partial charge on any atom is -0.346 e. The van der Waals surface area contributed by atoms with Crippen molar-refractivity contribution < 1.29 is 9.47 Å². The van der Waals surface area contributed by atoms with Crippen LogP contribution in [0.1, 0.15) is 24.3 Å². The van der Waals surface area contributed by atoms with Crippen LogP contribution < -0.4 is 0 Å². The molecule has 1 aromatic carbocycles. The molecule has 0 aromatic heterocycles. The van der Waals surface area contributed by atoms with Crippen LogP contribution in [0.4, 0.5) is 0 Å². The van der Waals surface area contributed by atoms with Gasteiger partial charge in [-0.25, -0.2) is 0 Å². The molecule has 70 valence electrons. The smallest absolute Gasteiger partial charge is 0.184 e. The Balaban J connectivity index is 2.13. The number of hydrogen-bond donors (Lipinski definition) is 0. The van der Waals surface area contributed by atoms with E-state index in [1.54, 1.807) is 0 Å². The van der Waals surface area contributed by atoms with Gasteiger partial charge in [-0.3, -0.25) is 0 Å². The molecule has 0 bridgehead atoms. The Morgan fingerprint density at radius 3 is 2.46 bits per heavy atom. The largest absolute Gasteiger partial charge is 0.346 e. The average Bonchev–Trinajstić information content (AvgIpc) is 2.53.